The number of rotatable bonds is 8. The van der Waals surface area contributed by atoms with Crippen molar-refractivity contribution < 1.29 is 9.36 Å². The molecule has 6 nitrogen and oxygen atoms in total. The molecule has 1 rings (SSSR count). The molecule has 22 heavy (non-hydrogen) atoms. The first-order chi connectivity index (χ1) is 10.5. The highest BCUT2D eigenvalue weighted by molar-refractivity contribution is 7.57. The van der Waals surface area contributed by atoms with Crippen molar-refractivity contribution in [3.63, 3.8) is 0 Å². The molecule has 0 aliphatic carbocycles. The quantitative estimate of drug-likeness (QED) is 0.717. The van der Waals surface area contributed by atoms with E-state index in [1.54, 1.807) is 12.1 Å². The van der Waals surface area contributed by atoms with E-state index >= 15 is 0 Å². The first kappa shape index (κ1) is 18.7. The maximum absolute atomic E-state index is 13.4. The van der Waals surface area contributed by atoms with Gasteiger partial charge in [0.2, 0.25) is 0 Å². The zero-order valence-corrected chi connectivity index (χ0v) is 14.8. The number of urea groups is 1. The summed E-state index contributed by atoms with van der Waals surface area (Å²) in [5.41, 5.74) is 0.672. The van der Waals surface area contributed by atoms with Gasteiger partial charge in [0.15, 0.2) is 0 Å². The fraction of sp³-hybridized carbons (Fsp3) is 0.533. The van der Waals surface area contributed by atoms with Gasteiger partial charge >= 0.3 is 13.6 Å². The van der Waals surface area contributed by atoms with Crippen LogP contribution in [0.4, 0.5) is 10.5 Å². The van der Waals surface area contributed by atoms with Gasteiger partial charge in [0.1, 0.15) is 0 Å². The van der Waals surface area contributed by atoms with Gasteiger partial charge < -0.3 is 5.32 Å². The number of nitrogens with one attached hydrogen (secondary N) is 2. The summed E-state index contributed by atoms with van der Waals surface area (Å²) in [6.07, 6.45) is 0. The Bertz CT molecular complexity index is 486. The van der Waals surface area contributed by atoms with E-state index in [9.17, 15) is 9.36 Å². The Morgan fingerprint density at radius 2 is 1.41 bits per heavy atom. The topological polar surface area (TPSA) is 64.7 Å². The van der Waals surface area contributed by atoms with E-state index < -0.39 is 13.6 Å². The van der Waals surface area contributed by atoms with Gasteiger partial charge in [-0.25, -0.2) is 14.1 Å². The molecular formula is C15H27N4O2P. The molecule has 0 heterocycles. The van der Waals surface area contributed by atoms with Gasteiger partial charge in [0, 0.05) is 31.9 Å². The third-order valence-electron chi connectivity index (χ3n) is 3.51. The van der Waals surface area contributed by atoms with E-state index in [4.69, 9.17) is 0 Å². The number of hydrogen-bond acceptors (Lipinski definition) is 2. The van der Waals surface area contributed by atoms with Crippen LogP contribution in [0.25, 0.3) is 0 Å². The summed E-state index contributed by atoms with van der Waals surface area (Å²) in [7, 11) is -3.13. The summed E-state index contributed by atoms with van der Waals surface area (Å²) in [5, 5.41) is 5.43. The lowest BCUT2D eigenvalue weighted by molar-refractivity contribution is 0.253. The summed E-state index contributed by atoms with van der Waals surface area (Å²) in [5.74, 6) is 0. The molecule has 0 radical (unpaired) electrons. The van der Waals surface area contributed by atoms with Gasteiger partial charge in [0.05, 0.1) is 0 Å². The van der Waals surface area contributed by atoms with Crippen molar-refractivity contribution in [2.24, 2.45) is 0 Å². The molecule has 124 valence electrons. The molecule has 7 heteroatoms. The Labute approximate surface area is 133 Å². The Hall–Kier alpha value is -1.36. The fourth-order valence-corrected chi connectivity index (χ4v) is 4.84. The van der Waals surface area contributed by atoms with Crippen molar-refractivity contribution in [2.75, 3.05) is 31.5 Å². The smallest absolute Gasteiger partial charge is 0.308 e. The van der Waals surface area contributed by atoms with Crippen LogP contribution in [0.1, 0.15) is 27.7 Å². The number of carbonyl (C=O) groups is 1. The third kappa shape index (κ3) is 4.57. The number of amides is 2. The van der Waals surface area contributed by atoms with Gasteiger partial charge in [-0.15, -0.1) is 0 Å². The highest BCUT2D eigenvalue weighted by Crippen LogP contribution is 2.48. The largest absolute Gasteiger partial charge is 0.326 e. The third-order valence-corrected chi connectivity index (χ3v) is 6.67. The average molecular weight is 326 g/mol. The number of nitrogens with zero attached hydrogens (tertiary/aromatic N) is 2. The van der Waals surface area contributed by atoms with Crippen LogP contribution in [0, 0.1) is 0 Å². The van der Waals surface area contributed by atoms with Crippen LogP contribution in [-0.4, -0.2) is 41.6 Å². The maximum Gasteiger partial charge on any atom is 0.326 e. The van der Waals surface area contributed by atoms with E-state index in [-0.39, 0.29) is 0 Å². The highest BCUT2D eigenvalue weighted by atomic mass is 31.2. The summed E-state index contributed by atoms with van der Waals surface area (Å²) in [6.45, 7) is 10.2. The summed E-state index contributed by atoms with van der Waals surface area (Å²) in [4.78, 5) is 12.3. The minimum Gasteiger partial charge on any atom is -0.308 e. The van der Waals surface area contributed by atoms with Gasteiger partial charge in [-0.1, -0.05) is 45.9 Å². The predicted octanol–water partition coefficient (Wildman–Crippen LogP) is 3.60. The predicted molar refractivity (Wildman–Crippen MR) is 92.0 cm³/mol. The van der Waals surface area contributed by atoms with Crippen LogP contribution in [0.2, 0.25) is 0 Å². The van der Waals surface area contributed by atoms with Gasteiger partial charge in [-0.3, -0.25) is 9.65 Å². The first-order valence-corrected chi connectivity index (χ1v) is 9.38. The molecule has 0 fully saturated rings. The van der Waals surface area contributed by atoms with E-state index in [1.807, 2.05) is 55.2 Å². The minimum absolute atomic E-state index is 0.451. The Morgan fingerprint density at radius 3 is 1.82 bits per heavy atom. The molecule has 1 aromatic rings. The summed E-state index contributed by atoms with van der Waals surface area (Å²) < 4.78 is 17.0. The molecular weight excluding hydrogens is 299 g/mol. The van der Waals surface area contributed by atoms with E-state index in [1.165, 1.54) is 0 Å². The molecule has 0 aromatic heterocycles. The fourth-order valence-electron chi connectivity index (χ4n) is 2.35. The van der Waals surface area contributed by atoms with E-state index in [2.05, 4.69) is 10.4 Å². The number of para-hydroxylation sites is 1. The number of carbonyl (C=O) groups excluding carboxylic acids is 1. The van der Waals surface area contributed by atoms with E-state index in [0.29, 0.717) is 31.9 Å². The minimum atomic E-state index is -3.13. The Kier molecular flexibility index (Phi) is 7.59. The van der Waals surface area contributed by atoms with Crippen LogP contribution in [0.5, 0.6) is 0 Å². The van der Waals surface area contributed by atoms with Crippen molar-refractivity contribution in [1.29, 1.82) is 0 Å². The van der Waals surface area contributed by atoms with Crippen LogP contribution < -0.4 is 10.4 Å². The van der Waals surface area contributed by atoms with Crippen LogP contribution >= 0.6 is 7.59 Å². The summed E-state index contributed by atoms with van der Waals surface area (Å²) in [6, 6.07) is 8.68. The van der Waals surface area contributed by atoms with Crippen molar-refractivity contribution in [3.8, 4) is 0 Å². The standard InChI is InChI=1S/C15H27N4O2P/c1-5-18(6-2)22(21,19(7-3)8-4)17-15(20)16-14-12-10-9-11-13-14/h9-13H,5-8H2,1-4H3,(H2,16,17,20,21). The zero-order chi connectivity index (χ0) is 16.6. The molecule has 2 amide bonds. The van der Waals surface area contributed by atoms with Gasteiger partial charge in [0.25, 0.3) is 0 Å². The normalized spacial score (nSPS) is 11.7. The first-order valence-electron chi connectivity index (χ1n) is 7.76. The second-order valence-electron chi connectivity index (χ2n) is 4.75. The second kappa shape index (κ2) is 8.93. The lowest BCUT2D eigenvalue weighted by Gasteiger charge is -2.37. The molecule has 0 atom stereocenters. The average Bonchev–Trinajstić information content (AvgIpc) is 2.50. The molecule has 0 unspecified atom stereocenters. The Morgan fingerprint density at radius 1 is 0.955 bits per heavy atom. The monoisotopic (exact) mass is 326 g/mol. The van der Waals surface area contributed by atoms with Crippen LogP contribution in [-0.2, 0) is 4.57 Å². The molecule has 0 saturated heterocycles. The maximum atomic E-state index is 13.4. The van der Waals surface area contributed by atoms with Crippen molar-refractivity contribution in [3.05, 3.63) is 30.3 Å². The van der Waals surface area contributed by atoms with Crippen molar-refractivity contribution in [1.82, 2.24) is 14.4 Å². The van der Waals surface area contributed by atoms with Crippen LogP contribution in [0.15, 0.2) is 30.3 Å². The highest BCUT2D eigenvalue weighted by Gasteiger charge is 2.35. The lowest BCUT2D eigenvalue weighted by Crippen LogP contribution is -2.42. The lowest BCUT2D eigenvalue weighted by atomic mass is 10.3. The second-order valence-corrected chi connectivity index (χ2v) is 7.20. The number of anilines is 1. The van der Waals surface area contributed by atoms with Crippen molar-refractivity contribution >= 4 is 19.3 Å². The molecule has 0 spiro atoms. The van der Waals surface area contributed by atoms with E-state index in [0.717, 1.165) is 0 Å². The van der Waals surface area contributed by atoms with Crippen molar-refractivity contribution in [2.45, 2.75) is 27.7 Å². The Balaban J connectivity index is 2.93. The molecule has 2 N–H and O–H groups in total. The van der Waals surface area contributed by atoms with Gasteiger partial charge in [-0.2, -0.15) is 0 Å². The summed E-state index contributed by atoms with van der Waals surface area (Å²) >= 11 is 0. The molecule has 0 aliphatic heterocycles. The molecule has 1 aromatic carbocycles. The van der Waals surface area contributed by atoms with Gasteiger partial charge in [-0.05, 0) is 12.1 Å². The number of hydrogen-bond donors (Lipinski definition) is 2. The molecule has 0 aliphatic rings. The van der Waals surface area contributed by atoms with Crippen LogP contribution in [0.3, 0.4) is 0 Å². The number of benzene rings is 1. The molecule has 0 saturated carbocycles. The molecule has 0 bridgehead atoms. The zero-order valence-electron chi connectivity index (χ0n) is 13.9. The SMILES string of the molecule is CCN(CC)P(=O)(NC(=O)Nc1ccccc1)N(CC)CC.